The van der Waals surface area contributed by atoms with Crippen molar-refractivity contribution in [1.82, 2.24) is 19.8 Å². The summed E-state index contributed by atoms with van der Waals surface area (Å²) in [4.78, 5) is 20.0. The molecule has 0 atom stereocenters. The van der Waals surface area contributed by atoms with Crippen molar-refractivity contribution >= 4 is 22.5 Å². The van der Waals surface area contributed by atoms with Crippen molar-refractivity contribution in [3.05, 3.63) is 75.3 Å². The third-order valence-electron chi connectivity index (χ3n) is 5.43. The second kappa shape index (κ2) is 10.2. The number of aromatic nitrogens is 2. The van der Waals surface area contributed by atoms with Gasteiger partial charge in [-0.2, -0.15) is 0 Å². The molecule has 0 aliphatic carbocycles. The summed E-state index contributed by atoms with van der Waals surface area (Å²) in [6, 6.07) is 13.4. The standard InChI is InChI=1S/C23H27ClN4O2/c24-20-6-5-18-14-19(16-25-7-3-9-27-10-12-30-13-11-27)23(29)28(22(18)15-20)17-21-4-1-2-8-26-21/h1-2,4-6,8,14-15,25H,3,7,9-13,16-17H2. The number of halogens is 1. The van der Waals surface area contributed by atoms with Gasteiger partial charge in [0.15, 0.2) is 0 Å². The van der Waals surface area contributed by atoms with Crippen LogP contribution in [0.3, 0.4) is 0 Å². The Morgan fingerprint density at radius 3 is 2.80 bits per heavy atom. The minimum absolute atomic E-state index is 0.00361. The minimum Gasteiger partial charge on any atom is -0.379 e. The number of nitrogens with one attached hydrogen (secondary N) is 1. The van der Waals surface area contributed by atoms with Crippen LogP contribution < -0.4 is 10.9 Å². The Balaban J connectivity index is 1.48. The number of rotatable bonds is 8. The molecule has 0 bridgehead atoms. The van der Waals surface area contributed by atoms with E-state index in [-0.39, 0.29) is 5.56 Å². The highest BCUT2D eigenvalue weighted by Gasteiger charge is 2.12. The van der Waals surface area contributed by atoms with E-state index in [1.165, 1.54) is 0 Å². The molecule has 1 saturated heterocycles. The molecule has 30 heavy (non-hydrogen) atoms. The van der Waals surface area contributed by atoms with Crippen molar-refractivity contribution in [2.75, 3.05) is 39.4 Å². The molecule has 3 aromatic rings. The van der Waals surface area contributed by atoms with Gasteiger partial charge in [-0.15, -0.1) is 0 Å². The summed E-state index contributed by atoms with van der Waals surface area (Å²) in [6.07, 6.45) is 2.79. The smallest absolute Gasteiger partial charge is 0.255 e. The van der Waals surface area contributed by atoms with Crippen LogP contribution in [0.15, 0.2) is 53.5 Å². The molecular weight excluding hydrogens is 400 g/mol. The highest BCUT2D eigenvalue weighted by molar-refractivity contribution is 6.31. The van der Waals surface area contributed by atoms with Gasteiger partial charge < -0.3 is 14.6 Å². The lowest BCUT2D eigenvalue weighted by atomic mass is 10.1. The van der Waals surface area contributed by atoms with E-state index in [9.17, 15) is 4.79 Å². The molecule has 0 saturated carbocycles. The van der Waals surface area contributed by atoms with E-state index in [0.717, 1.165) is 68.0 Å². The summed E-state index contributed by atoms with van der Waals surface area (Å²) in [7, 11) is 0. The number of ether oxygens (including phenoxy) is 1. The summed E-state index contributed by atoms with van der Waals surface area (Å²) in [5.41, 5.74) is 2.42. The number of morpholine rings is 1. The first-order chi connectivity index (χ1) is 14.7. The van der Waals surface area contributed by atoms with E-state index in [2.05, 4.69) is 15.2 Å². The zero-order chi connectivity index (χ0) is 20.8. The number of hydrogen-bond donors (Lipinski definition) is 1. The van der Waals surface area contributed by atoms with E-state index < -0.39 is 0 Å². The van der Waals surface area contributed by atoms with Gasteiger partial charge in [-0.25, -0.2) is 0 Å². The lowest BCUT2D eigenvalue weighted by Crippen LogP contribution is -2.37. The number of fused-ring (bicyclic) bond motifs is 1. The zero-order valence-electron chi connectivity index (χ0n) is 17.0. The second-order valence-corrected chi connectivity index (χ2v) is 8.01. The summed E-state index contributed by atoms with van der Waals surface area (Å²) in [5.74, 6) is 0. The largest absolute Gasteiger partial charge is 0.379 e. The molecule has 0 unspecified atom stereocenters. The summed E-state index contributed by atoms with van der Waals surface area (Å²) in [6.45, 7) is 6.54. The van der Waals surface area contributed by atoms with Crippen molar-refractivity contribution in [1.29, 1.82) is 0 Å². The molecule has 0 amide bonds. The van der Waals surface area contributed by atoms with Crippen LogP contribution in [0.4, 0.5) is 0 Å². The van der Waals surface area contributed by atoms with Crippen molar-refractivity contribution in [2.24, 2.45) is 0 Å². The monoisotopic (exact) mass is 426 g/mol. The molecule has 1 aliphatic heterocycles. The van der Waals surface area contributed by atoms with Gasteiger partial charge in [0.25, 0.3) is 5.56 Å². The fraction of sp³-hybridized carbons (Fsp3) is 0.391. The molecule has 6 nitrogen and oxygen atoms in total. The third kappa shape index (κ3) is 5.26. The fourth-order valence-electron chi connectivity index (χ4n) is 3.82. The highest BCUT2D eigenvalue weighted by atomic mass is 35.5. The lowest BCUT2D eigenvalue weighted by molar-refractivity contribution is 0.0374. The maximum Gasteiger partial charge on any atom is 0.255 e. The van der Waals surface area contributed by atoms with Crippen molar-refractivity contribution in [3.8, 4) is 0 Å². The predicted molar refractivity (Wildman–Crippen MR) is 120 cm³/mol. The first-order valence-electron chi connectivity index (χ1n) is 10.4. The average molecular weight is 427 g/mol. The van der Waals surface area contributed by atoms with Gasteiger partial charge in [-0.05, 0) is 55.2 Å². The van der Waals surface area contributed by atoms with E-state index in [0.29, 0.717) is 18.1 Å². The van der Waals surface area contributed by atoms with Gasteiger partial charge in [-0.3, -0.25) is 14.7 Å². The van der Waals surface area contributed by atoms with E-state index in [1.54, 1.807) is 10.8 Å². The summed E-state index contributed by atoms with van der Waals surface area (Å²) >= 11 is 6.21. The molecule has 1 fully saturated rings. The van der Waals surface area contributed by atoms with Crippen LogP contribution in [-0.2, 0) is 17.8 Å². The van der Waals surface area contributed by atoms with E-state index >= 15 is 0 Å². The molecule has 0 spiro atoms. The first kappa shape index (κ1) is 21.0. The molecule has 4 rings (SSSR count). The molecule has 1 N–H and O–H groups in total. The SMILES string of the molecule is O=c1c(CNCCCN2CCOCC2)cc2ccc(Cl)cc2n1Cc1ccccn1. The maximum atomic E-state index is 13.2. The Hall–Kier alpha value is -2.25. The number of hydrogen-bond acceptors (Lipinski definition) is 5. The fourth-order valence-corrected chi connectivity index (χ4v) is 3.98. The van der Waals surface area contributed by atoms with Gasteiger partial charge in [-0.1, -0.05) is 23.7 Å². The van der Waals surface area contributed by atoms with Gasteiger partial charge >= 0.3 is 0 Å². The van der Waals surface area contributed by atoms with Crippen LogP contribution in [0.25, 0.3) is 10.9 Å². The molecule has 7 heteroatoms. The third-order valence-corrected chi connectivity index (χ3v) is 5.66. The highest BCUT2D eigenvalue weighted by Crippen LogP contribution is 2.20. The Morgan fingerprint density at radius 2 is 2.00 bits per heavy atom. The van der Waals surface area contributed by atoms with Crippen LogP contribution in [0, 0.1) is 0 Å². The molecule has 0 radical (unpaired) electrons. The first-order valence-corrected chi connectivity index (χ1v) is 10.8. The van der Waals surface area contributed by atoms with Crippen molar-refractivity contribution in [3.63, 3.8) is 0 Å². The lowest BCUT2D eigenvalue weighted by Gasteiger charge is -2.26. The molecule has 2 aromatic heterocycles. The van der Waals surface area contributed by atoms with Gasteiger partial charge in [0.05, 0.1) is 31.0 Å². The normalized spacial score (nSPS) is 15.0. The van der Waals surface area contributed by atoms with Gasteiger partial charge in [0, 0.05) is 36.4 Å². The maximum absolute atomic E-state index is 13.2. The summed E-state index contributed by atoms with van der Waals surface area (Å²) < 4.78 is 7.16. The summed E-state index contributed by atoms with van der Waals surface area (Å²) in [5, 5.41) is 5.05. The topological polar surface area (TPSA) is 59.4 Å². The molecule has 158 valence electrons. The predicted octanol–water partition coefficient (Wildman–Crippen LogP) is 2.91. The average Bonchev–Trinajstić information content (AvgIpc) is 2.78. The second-order valence-electron chi connectivity index (χ2n) is 7.57. The minimum atomic E-state index is -0.00361. The van der Waals surface area contributed by atoms with Crippen LogP contribution in [0.2, 0.25) is 5.02 Å². The van der Waals surface area contributed by atoms with Crippen molar-refractivity contribution in [2.45, 2.75) is 19.5 Å². The zero-order valence-corrected chi connectivity index (χ0v) is 17.8. The van der Waals surface area contributed by atoms with E-state index in [4.69, 9.17) is 16.3 Å². The van der Waals surface area contributed by atoms with Gasteiger partial charge in [0.1, 0.15) is 0 Å². The van der Waals surface area contributed by atoms with Crippen LogP contribution >= 0.6 is 11.6 Å². The number of benzene rings is 1. The molecule has 1 aliphatic rings. The van der Waals surface area contributed by atoms with Gasteiger partial charge in [0.2, 0.25) is 0 Å². The molecule has 3 heterocycles. The van der Waals surface area contributed by atoms with Crippen molar-refractivity contribution < 1.29 is 4.74 Å². The quantitative estimate of drug-likeness (QED) is 0.561. The van der Waals surface area contributed by atoms with Crippen LogP contribution in [0.5, 0.6) is 0 Å². The Bertz CT molecular complexity index is 1030. The Kier molecular flexibility index (Phi) is 7.12. The van der Waals surface area contributed by atoms with Crippen LogP contribution in [0.1, 0.15) is 17.7 Å². The molecule has 1 aromatic carbocycles. The molecular formula is C23H27ClN4O2. The Labute approximate surface area is 181 Å². The van der Waals surface area contributed by atoms with Crippen LogP contribution in [-0.4, -0.2) is 53.8 Å². The Morgan fingerprint density at radius 1 is 1.13 bits per heavy atom. The van der Waals surface area contributed by atoms with E-state index in [1.807, 2.05) is 42.5 Å². The number of nitrogens with zero attached hydrogens (tertiary/aromatic N) is 3. The number of pyridine rings is 2.